The molecular weight excluding hydrogens is 312 g/mol. The lowest BCUT2D eigenvalue weighted by atomic mass is 10.1. The minimum atomic E-state index is 0.460. The Kier molecular flexibility index (Phi) is 4.76. The van der Waals surface area contributed by atoms with Gasteiger partial charge in [0.2, 0.25) is 5.69 Å². The Morgan fingerprint density at radius 3 is 1.72 bits per heavy atom. The lowest BCUT2D eigenvalue weighted by Crippen LogP contribution is -2.34. The maximum atomic E-state index is 12.1. The normalized spacial score (nSPS) is 11.4. The fourth-order valence-corrected chi connectivity index (χ4v) is 2.22. The van der Waals surface area contributed by atoms with Gasteiger partial charge >= 0.3 is 0 Å². The zero-order valence-corrected chi connectivity index (χ0v) is 13.5. The van der Waals surface area contributed by atoms with E-state index in [0.717, 1.165) is 11.1 Å². The monoisotopic (exact) mass is 330 g/mol. The Labute approximate surface area is 146 Å². The number of nitrogens with two attached hydrogens (primary N) is 2. The Balaban J connectivity index is 1.74. The summed E-state index contributed by atoms with van der Waals surface area (Å²) in [6.07, 6.45) is 7.23. The second-order valence-electron chi connectivity index (χ2n) is 5.56. The third kappa shape index (κ3) is 4.45. The van der Waals surface area contributed by atoms with Crippen LogP contribution in [0.4, 0.5) is 11.4 Å². The molecule has 0 saturated carbocycles. The molecule has 3 aromatic rings. The van der Waals surface area contributed by atoms with Crippen LogP contribution in [0.25, 0.3) is 24.3 Å². The lowest BCUT2D eigenvalue weighted by Gasteiger charge is -1.99. The predicted octanol–water partition coefficient (Wildman–Crippen LogP) is 3.22. The molecule has 0 bridgehead atoms. The van der Waals surface area contributed by atoms with Crippen LogP contribution in [0.2, 0.25) is 0 Å². The molecule has 0 amide bonds. The molecule has 0 aliphatic carbocycles. The Morgan fingerprint density at radius 2 is 1.20 bits per heavy atom. The highest BCUT2D eigenvalue weighted by Crippen LogP contribution is 2.11. The maximum Gasteiger partial charge on any atom is 0.245 e. The average molecular weight is 330 g/mol. The van der Waals surface area contributed by atoms with Gasteiger partial charge in [-0.25, -0.2) is 0 Å². The van der Waals surface area contributed by atoms with E-state index in [0.29, 0.717) is 27.6 Å². The van der Waals surface area contributed by atoms with Gasteiger partial charge in [-0.3, -0.25) is 0 Å². The number of benzene rings is 2. The van der Waals surface area contributed by atoms with E-state index in [1.165, 1.54) is 0 Å². The average Bonchev–Trinajstić information content (AvgIpc) is 2.62. The number of anilines is 2. The fourth-order valence-electron chi connectivity index (χ4n) is 2.22. The van der Waals surface area contributed by atoms with Crippen molar-refractivity contribution in [3.63, 3.8) is 0 Å². The third-order valence-corrected chi connectivity index (χ3v) is 3.62. The first-order valence-corrected chi connectivity index (χ1v) is 7.78. The van der Waals surface area contributed by atoms with Crippen molar-refractivity contribution in [1.82, 2.24) is 5.10 Å². The van der Waals surface area contributed by atoms with Crippen molar-refractivity contribution in [3.8, 4) is 0 Å². The Bertz CT molecular complexity index is 913. The van der Waals surface area contributed by atoms with E-state index in [1.807, 2.05) is 60.7 Å². The van der Waals surface area contributed by atoms with Crippen LogP contribution in [-0.4, -0.2) is 5.10 Å². The highest BCUT2D eigenvalue weighted by Gasteiger charge is 2.03. The molecule has 0 saturated heterocycles. The van der Waals surface area contributed by atoms with Crippen LogP contribution in [0, 0.1) is 5.21 Å². The first-order chi connectivity index (χ1) is 12.1. The molecule has 0 aliphatic rings. The van der Waals surface area contributed by atoms with Crippen LogP contribution in [-0.2, 0) is 0 Å². The molecule has 5 heteroatoms. The molecule has 5 nitrogen and oxygen atoms in total. The molecule has 0 unspecified atom stereocenters. The van der Waals surface area contributed by atoms with Crippen LogP contribution < -0.4 is 16.3 Å². The summed E-state index contributed by atoms with van der Waals surface area (Å²) in [7, 11) is 0. The van der Waals surface area contributed by atoms with Gasteiger partial charge in [-0.15, -0.1) is 0 Å². The van der Waals surface area contributed by atoms with Gasteiger partial charge in [0, 0.05) is 28.6 Å². The van der Waals surface area contributed by atoms with Crippen molar-refractivity contribution < 1.29 is 4.85 Å². The Morgan fingerprint density at radius 1 is 0.680 bits per heavy atom. The van der Waals surface area contributed by atoms with E-state index >= 15 is 0 Å². The minimum Gasteiger partial charge on any atom is -0.594 e. The van der Waals surface area contributed by atoms with Gasteiger partial charge in [0.05, 0.1) is 0 Å². The highest BCUT2D eigenvalue weighted by molar-refractivity contribution is 5.70. The first kappa shape index (κ1) is 16.3. The van der Waals surface area contributed by atoms with E-state index in [1.54, 1.807) is 24.3 Å². The SMILES string of the molecule is Nc1ccc(C=Cc2ccc(C=Cc3ccc(N)cc3)[n+]([O-])n2)cc1. The van der Waals surface area contributed by atoms with E-state index in [-0.39, 0.29) is 0 Å². The van der Waals surface area contributed by atoms with E-state index < -0.39 is 0 Å². The molecule has 1 aromatic heterocycles. The number of aromatic nitrogens is 2. The number of hydrogen-bond donors (Lipinski definition) is 2. The lowest BCUT2D eigenvalue weighted by molar-refractivity contribution is -0.671. The summed E-state index contributed by atoms with van der Waals surface area (Å²) in [5, 5.41) is 16.1. The summed E-state index contributed by atoms with van der Waals surface area (Å²) in [6.45, 7) is 0. The van der Waals surface area contributed by atoms with Crippen molar-refractivity contribution in [3.05, 3.63) is 88.4 Å². The number of rotatable bonds is 4. The van der Waals surface area contributed by atoms with Gasteiger partial charge in [-0.1, -0.05) is 35.2 Å². The summed E-state index contributed by atoms with van der Waals surface area (Å²) in [5.41, 5.74) is 15.7. The molecule has 2 aromatic carbocycles. The van der Waals surface area contributed by atoms with Crippen molar-refractivity contribution >= 4 is 35.7 Å². The molecular formula is C20H18N4O. The van der Waals surface area contributed by atoms with Gasteiger partial charge in [0.15, 0.2) is 0 Å². The molecule has 1 heterocycles. The number of nitrogens with zero attached hydrogens (tertiary/aromatic N) is 2. The number of nitrogen functional groups attached to an aromatic ring is 2. The van der Waals surface area contributed by atoms with Crippen LogP contribution >= 0.6 is 0 Å². The van der Waals surface area contributed by atoms with Gasteiger partial charge in [-0.2, -0.15) is 0 Å². The third-order valence-electron chi connectivity index (χ3n) is 3.62. The molecule has 0 fully saturated rings. The first-order valence-electron chi connectivity index (χ1n) is 7.78. The smallest absolute Gasteiger partial charge is 0.245 e. The molecule has 0 radical (unpaired) electrons. The van der Waals surface area contributed by atoms with E-state index in [2.05, 4.69) is 5.10 Å². The van der Waals surface area contributed by atoms with Gasteiger partial charge < -0.3 is 16.7 Å². The zero-order valence-electron chi connectivity index (χ0n) is 13.5. The molecule has 0 atom stereocenters. The summed E-state index contributed by atoms with van der Waals surface area (Å²) >= 11 is 0. The van der Waals surface area contributed by atoms with Crippen LogP contribution in [0.1, 0.15) is 22.5 Å². The van der Waals surface area contributed by atoms with Gasteiger partial charge in [0.25, 0.3) is 0 Å². The van der Waals surface area contributed by atoms with Crippen LogP contribution in [0.3, 0.4) is 0 Å². The van der Waals surface area contributed by atoms with Gasteiger partial charge in [0.1, 0.15) is 5.69 Å². The summed E-state index contributed by atoms with van der Waals surface area (Å²) in [5.74, 6) is 0. The standard InChI is InChI=1S/C20H18N4O/c21-17-7-1-15(2-8-17)5-11-19-12-14-20(24(25)23-19)13-6-16-3-9-18(22)10-4-16/h1-14H,21-22H2. The van der Waals surface area contributed by atoms with Gasteiger partial charge in [-0.05, 0) is 53.6 Å². The van der Waals surface area contributed by atoms with Crippen molar-refractivity contribution in [2.75, 3.05) is 11.5 Å². The second-order valence-corrected chi connectivity index (χ2v) is 5.56. The van der Waals surface area contributed by atoms with Crippen molar-refractivity contribution in [2.24, 2.45) is 0 Å². The molecule has 0 aliphatic heterocycles. The van der Waals surface area contributed by atoms with E-state index in [9.17, 15) is 5.21 Å². The maximum absolute atomic E-state index is 12.1. The largest absolute Gasteiger partial charge is 0.594 e. The summed E-state index contributed by atoms with van der Waals surface area (Å²) < 4.78 is 0. The van der Waals surface area contributed by atoms with Crippen LogP contribution in [0.5, 0.6) is 0 Å². The molecule has 3 rings (SSSR count). The highest BCUT2D eigenvalue weighted by atomic mass is 16.5. The van der Waals surface area contributed by atoms with Crippen molar-refractivity contribution in [2.45, 2.75) is 0 Å². The predicted molar refractivity (Wildman–Crippen MR) is 103 cm³/mol. The quantitative estimate of drug-likeness (QED) is 0.436. The van der Waals surface area contributed by atoms with E-state index in [4.69, 9.17) is 11.5 Å². The summed E-state index contributed by atoms with van der Waals surface area (Å²) in [6, 6.07) is 18.4. The molecule has 25 heavy (non-hydrogen) atoms. The molecule has 4 N–H and O–H groups in total. The molecule has 0 spiro atoms. The second kappa shape index (κ2) is 7.31. The molecule has 124 valence electrons. The van der Waals surface area contributed by atoms with Crippen LogP contribution in [0.15, 0.2) is 60.7 Å². The number of hydrogen-bond acceptors (Lipinski definition) is 4. The van der Waals surface area contributed by atoms with Crippen molar-refractivity contribution in [1.29, 1.82) is 0 Å². The summed E-state index contributed by atoms with van der Waals surface area (Å²) in [4.78, 5) is 0.608. The topological polar surface area (TPSA) is 91.9 Å². The fraction of sp³-hybridized carbons (Fsp3) is 0. The minimum absolute atomic E-state index is 0.460. The zero-order chi connectivity index (χ0) is 17.6. The Hall–Kier alpha value is -3.60.